The van der Waals surface area contributed by atoms with Crippen molar-refractivity contribution in [3.8, 4) is 0 Å². The van der Waals surface area contributed by atoms with Gasteiger partial charge in [0.25, 0.3) is 5.91 Å². The van der Waals surface area contributed by atoms with E-state index in [1.807, 2.05) is 37.3 Å². The molecule has 1 fully saturated rings. The molecule has 1 spiro atoms. The third-order valence-corrected chi connectivity index (χ3v) is 7.55. The average Bonchev–Trinajstić information content (AvgIpc) is 3.31. The lowest BCUT2D eigenvalue weighted by atomic mass is 10.1. The SMILES string of the molecule is Cc1cccc(CN2C(=O)[C@]3(SCCN3C(=O)Nc3cccc(F)c3)c3cc(Cl)ccc32)c1. The van der Waals surface area contributed by atoms with Gasteiger partial charge in [-0.25, -0.2) is 9.18 Å². The summed E-state index contributed by atoms with van der Waals surface area (Å²) in [6.45, 7) is 2.77. The number of amides is 3. The Morgan fingerprint density at radius 2 is 1.97 bits per heavy atom. The number of rotatable bonds is 3. The minimum absolute atomic E-state index is 0.182. The molecule has 1 N–H and O–H groups in total. The van der Waals surface area contributed by atoms with Crippen molar-refractivity contribution in [2.75, 3.05) is 22.5 Å². The minimum Gasteiger partial charge on any atom is -0.308 e. The number of thioether (sulfide) groups is 1. The van der Waals surface area contributed by atoms with Gasteiger partial charge in [0.15, 0.2) is 4.87 Å². The molecule has 2 aliphatic rings. The van der Waals surface area contributed by atoms with E-state index in [1.165, 1.54) is 34.9 Å². The van der Waals surface area contributed by atoms with Crippen molar-refractivity contribution in [3.63, 3.8) is 0 Å². The van der Waals surface area contributed by atoms with Crippen molar-refractivity contribution >= 4 is 46.7 Å². The van der Waals surface area contributed by atoms with Crippen LogP contribution in [0.15, 0.2) is 66.7 Å². The molecule has 3 aromatic rings. The predicted molar refractivity (Wildman–Crippen MR) is 130 cm³/mol. The number of fused-ring (bicyclic) bond motifs is 2. The lowest BCUT2D eigenvalue weighted by Gasteiger charge is -2.33. The fraction of sp³-hybridized carbons (Fsp3) is 0.200. The summed E-state index contributed by atoms with van der Waals surface area (Å²) in [4.78, 5) is 29.3. The molecular weight excluding hydrogens is 461 g/mol. The molecule has 0 unspecified atom stereocenters. The van der Waals surface area contributed by atoms with Crippen molar-refractivity contribution in [2.45, 2.75) is 18.3 Å². The Morgan fingerprint density at radius 1 is 1.15 bits per heavy atom. The quantitative estimate of drug-likeness (QED) is 0.517. The topological polar surface area (TPSA) is 52.7 Å². The zero-order chi connectivity index (χ0) is 23.2. The maximum absolute atomic E-state index is 14.0. The highest BCUT2D eigenvalue weighted by Crippen LogP contribution is 2.55. The molecule has 3 amide bonds. The van der Waals surface area contributed by atoms with Gasteiger partial charge in [-0.2, -0.15) is 0 Å². The van der Waals surface area contributed by atoms with Gasteiger partial charge in [-0.1, -0.05) is 47.5 Å². The van der Waals surface area contributed by atoms with E-state index in [2.05, 4.69) is 5.32 Å². The Hall–Kier alpha value is -3.03. The van der Waals surface area contributed by atoms with Crippen molar-refractivity contribution in [3.05, 3.63) is 94.3 Å². The van der Waals surface area contributed by atoms with Crippen LogP contribution in [0, 0.1) is 12.7 Å². The summed E-state index contributed by atoms with van der Waals surface area (Å²) in [5.41, 5.74) is 3.88. The predicted octanol–water partition coefficient (Wildman–Crippen LogP) is 5.77. The summed E-state index contributed by atoms with van der Waals surface area (Å²) in [7, 11) is 0. The van der Waals surface area contributed by atoms with E-state index in [0.29, 0.717) is 35.1 Å². The molecule has 8 heteroatoms. The summed E-state index contributed by atoms with van der Waals surface area (Å²) in [5.74, 6) is -0.0399. The molecule has 0 aromatic heterocycles. The lowest BCUT2D eigenvalue weighted by Crippen LogP contribution is -2.51. The van der Waals surface area contributed by atoms with Gasteiger partial charge in [0.1, 0.15) is 5.82 Å². The molecule has 5 rings (SSSR count). The number of hydrogen-bond acceptors (Lipinski definition) is 3. The molecule has 3 aromatic carbocycles. The van der Waals surface area contributed by atoms with Crippen LogP contribution >= 0.6 is 23.4 Å². The van der Waals surface area contributed by atoms with Crippen LogP contribution < -0.4 is 10.2 Å². The molecule has 33 heavy (non-hydrogen) atoms. The number of urea groups is 1. The first-order chi connectivity index (χ1) is 15.9. The number of hydrogen-bond donors (Lipinski definition) is 1. The normalized spacial score (nSPS) is 19.3. The van der Waals surface area contributed by atoms with Gasteiger partial charge in [-0.05, 0) is 48.9 Å². The molecule has 0 bridgehead atoms. The number of aryl methyl sites for hydroxylation is 1. The number of nitrogens with one attached hydrogen (secondary N) is 1. The van der Waals surface area contributed by atoms with Crippen LogP contribution in [0.2, 0.25) is 5.02 Å². The van der Waals surface area contributed by atoms with E-state index < -0.39 is 16.7 Å². The molecular formula is C25H21ClFN3O2S. The largest absolute Gasteiger partial charge is 0.323 e. The molecule has 1 atom stereocenters. The van der Waals surface area contributed by atoms with Crippen LogP contribution in [0.1, 0.15) is 16.7 Å². The fourth-order valence-electron chi connectivity index (χ4n) is 4.49. The summed E-state index contributed by atoms with van der Waals surface area (Å²) >= 11 is 7.76. The summed E-state index contributed by atoms with van der Waals surface area (Å²) < 4.78 is 13.6. The Bertz CT molecular complexity index is 1270. The van der Waals surface area contributed by atoms with E-state index in [1.54, 1.807) is 23.1 Å². The fourth-order valence-corrected chi connectivity index (χ4v) is 6.12. The smallest absolute Gasteiger partial charge is 0.308 e. The highest BCUT2D eigenvalue weighted by Gasteiger charge is 2.59. The third-order valence-electron chi connectivity index (χ3n) is 5.90. The van der Waals surface area contributed by atoms with Crippen LogP contribution in [0.25, 0.3) is 0 Å². The average molecular weight is 482 g/mol. The molecule has 1 saturated heterocycles. The van der Waals surface area contributed by atoms with E-state index in [4.69, 9.17) is 11.6 Å². The highest BCUT2D eigenvalue weighted by atomic mass is 35.5. The van der Waals surface area contributed by atoms with Crippen molar-refractivity contribution in [1.82, 2.24) is 4.90 Å². The van der Waals surface area contributed by atoms with Crippen molar-refractivity contribution in [2.24, 2.45) is 0 Å². The number of nitrogens with zero attached hydrogens (tertiary/aromatic N) is 2. The second-order valence-corrected chi connectivity index (χ2v) is 9.85. The number of carbonyl (C=O) groups excluding carboxylic acids is 2. The molecule has 0 saturated carbocycles. The number of halogens is 2. The first-order valence-electron chi connectivity index (χ1n) is 10.5. The molecule has 5 nitrogen and oxygen atoms in total. The van der Waals surface area contributed by atoms with Gasteiger partial charge in [0.05, 0.1) is 12.2 Å². The second kappa shape index (κ2) is 8.39. The van der Waals surface area contributed by atoms with E-state index in [0.717, 1.165) is 16.8 Å². The maximum atomic E-state index is 14.0. The Kier molecular flexibility index (Phi) is 5.54. The zero-order valence-electron chi connectivity index (χ0n) is 17.8. The number of anilines is 2. The summed E-state index contributed by atoms with van der Waals surface area (Å²) in [6, 6.07) is 18.6. The van der Waals surface area contributed by atoms with Crippen LogP contribution in [0.4, 0.5) is 20.6 Å². The van der Waals surface area contributed by atoms with Crippen LogP contribution in [-0.2, 0) is 16.2 Å². The summed E-state index contributed by atoms with van der Waals surface area (Å²) in [5, 5.41) is 3.24. The van der Waals surface area contributed by atoms with E-state index in [-0.39, 0.29) is 5.91 Å². The monoisotopic (exact) mass is 481 g/mol. The third kappa shape index (κ3) is 3.75. The molecule has 0 radical (unpaired) electrons. The molecule has 2 heterocycles. The van der Waals surface area contributed by atoms with Crippen molar-refractivity contribution in [1.29, 1.82) is 0 Å². The highest BCUT2D eigenvalue weighted by molar-refractivity contribution is 8.01. The van der Waals surface area contributed by atoms with Gasteiger partial charge in [0.2, 0.25) is 0 Å². The second-order valence-electron chi connectivity index (χ2n) is 8.13. The lowest BCUT2D eigenvalue weighted by molar-refractivity contribution is -0.123. The first-order valence-corrected chi connectivity index (χ1v) is 11.9. The van der Waals surface area contributed by atoms with Crippen molar-refractivity contribution < 1.29 is 14.0 Å². The van der Waals surface area contributed by atoms with Gasteiger partial charge < -0.3 is 10.2 Å². The summed E-state index contributed by atoms with van der Waals surface area (Å²) in [6.07, 6.45) is 0. The molecule has 0 aliphatic carbocycles. The molecule has 2 aliphatic heterocycles. The Morgan fingerprint density at radius 3 is 2.76 bits per heavy atom. The van der Waals surface area contributed by atoms with Crippen LogP contribution in [0.3, 0.4) is 0 Å². The number of carbonyl (C=O) groups is 2. The maximum Gasteiger partial charge on any atom is 0.323 e. The zero-order valence-corrected chi connectivity index (χ0v) is 19.4. The minimum atomic E-state index is -1.22. The standard InChI is InChI=1S/C25H21ClFN3O2S/c1-16-4-2-5-17(12-16)15-29-22-9-8-18(26)13-21(22)25(23(29)31)30(10-11-33-25)24(32)28-20-7-3-6-19(27)14-20/h2-9,12-14H,10-11,15H2,1H3,(H,28,32)/t25-/m1/s1. The Labute approximate surface area is 200 Å². The first kappa shape index (κ1) is 21.8. The van der Waals surface area contributed by atoms with Gasteiger partial charge in [-0.3, -0.25) is 9.69 Å². The van der Waals surface area contributed by atoms with Crippen LogP contribution in [0.5, 0.6) is 0 Å². The number of benzene rings is 3. The Balaban J connectivity index is 1.54. The van der Waals surface area contributed by atoms with Gasteiger partial charge in [0, 0.05) is 28.6 Å². The van der Waals surface area contributed by atoms with Gasteiger partial charge >= 0.3 is 6.03 Å². The van der Waals surface area contributed by atoms with E-state index in [9.17, 15) is 14.0 Å². The van der Waals surface area contributed by atoms with E-state index >= 15 is 0 Å². The van der Waals surface area contributed by atoms with Gasteiger partial charge in [-0.15, -0.1) is 11.8 Å². The molecule has 168 valence electrons. The van der Waals surface area contributed by atoms with Crippen LogP contribution in [-0.4, -0.2) is 29.1 Å².